The van der Waals surface area contributed by atoms with Crippen LogP contribution in [0.2, 0.25) is 5.15 Å². The average molecular weight is 271 g/mol. The highest BCUT2D eigenvalue weighted by Gasteiger charge is 2.04. The monoisotopic (exact) mass is 270 g/mol. The molecular formula is C14H11ClN4. The summed E-state index contributed by atoms with van der Waals surface area (Å²) in [4.78, 5) is 12.5. The molecule has 3 aromatic rings. The van der Waals surface area contributed by atoms with E-state index in [-0.39, 0.29) is 0 Å². The molecule has 5 heteroatoms. The van der Waals surface area contributed by atoms with Gasteiger partial charge in [-0.25, -0.2) is 9.97 Å². The molecule has 0 saturated heterocycles. The SMILES string of the molecule is Cc1ccc2cccc(Nc3cc(Cl)ncn3)c2n1. The Labute approximate surface area is 115 Å². The van der Waals surface area contributed by atoms with Gasteiger partial charge in [-0.2, -0.15) is 0 Å². The van der Waals surface area contributed by atoms with Crippen LogP contribution in [-0.2, 0) is 0 Å². The number of rotatable bonds is 2. The summed E-state index contributed by atoms with van der Waals surface area (Å²) < 4.78 is 0. The molecule has 3 rings (SSSR count). The maximum atomic E-state index is 5.85. The predicted molar refractivity (Wildman–Crippen MR) is 76.8 cm³/mol. The van der Waals surface area contributed by atoms with Gasteiger partial charge in [0.05, 0.1) is 11.2 Å². The van der Waals surface area contributed by atoms with E-state index in [1.165, 1.54) is 6.33 Å². The van der Waals surface area contributed by atoms with Crippen LogP contribution in [-0.4, -0.2) is 15.0 Å². The van der Waals surface area contributed by atoms with E-state index in [1.807, 2.05) is 31.2 Å². The summed E-state index contributed by atoms with van der Waals surface area (Å²) in [5.74, 6) is 0.649. The van der Waals surface area contributed by atoms with Crippen LogP contribution in [0.15, 0.2) is 42.7 Å². The van der Waals surface area contributed by atoms with Crippen LogP contribution in [0.5, 0.6) is 0 Å². The van der Waals surface area contributed by atoms with Gasteiger partial charge in [-0.15, -0.1) is 0 Å². The lowest BCUT2D eigenvalue weighted by atomic mass is 10.1. The van der Waals surface area contributed by atoms with Gasteiger partial charge in [0.1, 0.15) is 17.3 Å². The summed E-state index contributed by atoms with van der Waals surface area (Å²) in [6.07, 6.45) is 1.43. The highest BCUT2D eigenvalue weighted by molar-refractivity contribution is 6.29. The lowest BCUT2D eigenvalue weighted by molar-refractivity contribution is 1.17. The molecule has 4 nitrogen and oxygen atoms in total. The molecule has 2 aromatic heterocycles. The van der Waals surface area contributed by atoms with Crippen LogP contribution in [0.3, 0.4) is 0 Å². The number of aromatic nitrogens is 3. The van der Waals surface area contributed by atoms with Gasteiger partial charge in [-0.05, 0) is 19.1 Å². The molecule has 1 aromatic carbocycles. The van der Waals surface area contributed by atoms with Gasteiger partial charge < -0.3 is 5.32 Å². The van der Waals surface area contributed by atoms with Crippen molar-refractivity contribution in [3.63, 3.8) is 0 Å². The summed E-state index contributed by atoms with van der Waals surface area (Å²) in [6.45, 7) is 1.97. The Balaban J connectivity index is 2.07. The van der Waals surface area contributed by atoms with Gasteiger partial charge in [-0.3, -0.25) is 4.98 Å². The molecule has 0 fully saturated rings. The summed E-state index contributed by atoms with van der Waals surface area (Å²) in [7, 11) is 0. The summed E-state index contributed by atoms with van der Waals surface area (Å²) in [5.41, 5.74) is 2.79. The van der Waals surface area contributed by atoms with Crippen molar-refractivity contribution in [2.45, 2.75) is 6.92 Å². The third kappa shape index (κ3) is 2.48. The van der Waals surface area contributed by atoms with E-state index in [1.54, 1.807) is 6.07 Å². The molecule has 0 bridgehead atoms. The number of benzene rings is 1. The molecule has 1 N–H and O–H groups in total. The first-order chi connectivity index (χ1) is 9.22. The number of fused-ring (bicyclic) bond motifs is 1. The average Bonchev–Trinajstić information content (AvgIpc) is 2.39. The molecule has 94 valence electrons. The number of halogens is 1. The molecule has 2 heterocycles. The van der Waals surface area contributed by atoms with Crippen LogP contribution in [0.1, 0.15) is 5.69 Å². The van der Waals surface area contributed by atoms with E-state index in [2.05, 4.69) is 26.3 Å². The molecule has 0 spiro atoms. The van der Waals surface area contributed by atoms with Gasteiger partial charge in [-0.1, -0.05) is 29.8 Å². The second kappa shape index (κ2) is 4.82. The van der Waals surface area contributed by atoms with Crippen molar-refractivity contribution < 1.29 is 0 Å². The van der Waals surface area contributed by atoms with Crippen molar-refractivity contribution in [2.75, 3.05) is 5.32 Å². The predicted octanol–water partition coefficient (Wildman–Crippen LogP) is 3.73. The van der Waals surface area contributed by atoms with Crippen LogP contribution >= 0.6 is 11.6 Å². The largest absolute Gasteiger partial charge is 0.338 e. The highest BCUT2D eigenvalue weighted by Crippen LogP contribution is 2.24. The second-order valence-electron chi connectivity index (χ2n) is 4.18. The molecule has 0 aliphatic rings. The van der Waals surface area contributed by atoms with Gasteiger partial charge in [0.2, 0.25) is 0 Å². The minimum Gasteiger partial charge on any atom is -0.338 e. The minimum absolute atomic E-state index is 0.405. The quantitative estimate of drug-likeness (QED) is 0.721. The maximum absolute atomic E-state index is 5.85. The zero-order valence-corrected chi connectivity index (χ0v) is 11.0. The van der Waals surface area contributed by atoms with Crippen molar-refractivity contribution in [2.24, 2.45) is 0 Å². The molecule has 0 aliphatic heterocycles. The molecular weight excluding hydrogens is 260 g/mol. The van der Waals surface area contributed by atoms with E-state index >= 15 is 0 Å². The molecule has 0 aliphatic carbocycles. The molecule has 0 radical (unpaired) electrons. The number of nitrogens with one attached hydrogen (secondary N) is 1. The van der Waals surface area contributed by atoms with Crippen LogP contribution in [0.25, 0.3) is 10.9 Å². The van der Waals surface area contributed by atoms with Crippen molar-refractivity contribution >= 4 is 34.0 Å². The Kier molecular flexibility index (Phi) is 3.01. The number of para-hydroxylation sites is 1. The van der Waals surface area contributed by atoms with Crippen LogP contribution in [0.4, 0.5) is 11.5 Å². The Morgan fingerprint density at radius 2 is 2.00 bits per heavy atom. The molecule has 0 unspecified atom stereocenters. The standard InChI is InChI=1S/C14H11ClN4/c1-9-5-6-10-3-2-4-11(14(10)18-9)19-13-7-12(15)16-8-17-13/h2-8H,1H3,(H,16,17,19). The van der Waals surface area contributed by atoms with Crippen molar-refractivity contribution in [1.82, 2.24) is 15.0 Å². The minimum atomic E-state index is 0.405. The lowest BCUT2D eigenvalue weighted by Crippen LogP contribution is -1.96. The topological polar surface area (TPSA) is 50.7 Å². The molecule has 0 saturated carbocycles. The summed E-state index contributed by atoms with van der Waals surface area (Å²) in [5, 5.41) is 4.70. The molecule has 0 atom stereocenters. The van der Waals surface area contributed by atoms with Gasteiger partial charge in [0, 0.05) is 17.1 Å². The third-order valence-electron chi connectivity index (χ3n) is 2.76. The first kappa shape index (κ1) is 11.9. The Bertz CT molecular complexity index is 742. The van der Waals surface area contributed by atoms with E-state index in [0.29, 0.717) is 11.0 Å². The van der Waals surface area contributed by atoms with E-state index in [4.69, 9.17) is 11.6 Å². The van der Waals surface area contributed by atoms with E-state index in [9.17, 15) is 0 Å². The number of pyridine rings is 1. The van der Waals surface area contributed by atoms with E-state index in [0.717, 1.165) is 22.3 Å². The fourth-order valence-corrected chi connectivity index (χ4v) is 2.03. The highest BCUT2D eigenvalue weighted by atomic mass is 35.5. The van der Waals surface area contributed by atoms with Crippen LogP contribution < -0.4 is 5.32 Å². The first-order valence-corrected chi connectivity index (χ1v) is 6.21. The summed E-state index contributed by atoms with van der Waals surface area (Å²) in [6, 6.07) is 11.7. The van der Waals surface area contributed by atoms with E-state index < -0.39 is 0 Å². The Morgan fingerprint density at radius 1 is 1.11 bits per heavy atom. The Morgan fingerprint density at radius 3 is 2.84 bits per heavy atom. The number of anilines is 2. The van der Waals surface area contributed by atoms with Crippen LogP contribution in [0, 0.1) is 6.92 Å². The number of nitrogens with zero attached hydrogens (tertiary/aromatic N) is 3. The van der Waals surface area contributed by atoms with Crippen molar-refractivity contribution in [1.29, 1.82) is 0 Å². The Hall–Kier alpha value is -2.20. The van der Waals surface area contributed by atoms with Gasteiger partial charge in [0.25, 0.3) is 0 Å². The molecule has 19 heavy (non-hydrogen) atoms. The molecule has 0 amide bonds. The smallest absolute Gasteiger partial charge is 0.135 e. The van der Waals surface area contributed by atoms with Gasteiger partial charge in [0.15, 0.2) is 0 Å². The number of hydrogen-bond acceptors (Lipinski definition) is 4. The maximum Gasteiger partial charge on any atom is 0.135 e. The van der Waals surface area contributed by atoms with Gasteiger partial charge >= 0.3 is 0 Å². The van der Waals surface area contributed by atoms with Crippen molar-refractivity contribution in [3.05, 3.63) is 53.6 Å². The number of hydrogen-bond donors (Lipinski definition) is 1. The number of aryl methyl sites for hydroxylation is 1. The summed E-state index contributed by atoms with van der Waals surface area (Å²) >= 11 is 5.85. The zero-order chi connectivity index (χ0) is 13.2. The fourth-order valence-electron chi connectivity index (χ4n) is 1.89. The zero-order valence-electron chi connectivity index (χ0n) is 10.3. The fraction of sp³-hybridized carbons (Fsp3) is 0.0714. The normalized spacial score (nSPS) is 10.6. The third-order valence-corrected chi connectivity index (χ3v) is 2.96. The second-order valence-corrected chi connectivity index (χ2v) is 4.57. The van der Waals surface area contributed by atoms with Crippen molar-refractivity contribution in [3.8, 4) is 0 Å². The lowest BCUT2D eigenvalue weighted by Gasteiger charge is -2.08. The first-order valence-electron chi connectivity index (χ1n) is 5.83.